The zero-order chi connectivity index (χ0) is 14.0. The summed E-state index contributed by atoms with van der Waals surface area (Å²) in [5, 5.41) is 8.88. The van der Waals surface area contributed by atoms with Crippen molar-refractivity contribution in [3.05, 3.63) is 29.3 Å². The van der Waals surface area contributed by atoms with Gasteiger partial charge in [-0.3, -0.25) is 4.79 Å². The summed E-state index contributed by atoms with van der Waals surface area (Å²) in [5.74, 6) is -3.45. The molecule has 0 spiro atoms. The van der Waals surface area contributed by atoms with Gasteiger partial charge in [0.1, 0.15) is 0 Å². The van der Waals surface area contributed by atoms with Gasteiger partial charge in [0.25, 0.3) is 0 Å². The van der Waals surface area contributed by atoms with Crippen LogP contribution in [0.4, 0.5) is 8.78 Å². The van der Waals surface area contributed by atoms with Gasteiger partial charge >= 0.3 is 5.97 Å². The fraction of sp³-hybridized carbons (Fsp3) is 0.500. The average Bonchev–Trinajstić information content (AvgIpc) is 3.17. The van der Waals surface area contributed by atoms with E-state index in [1.54, 1.807) is 6.92 Å². The lowest BCUT2D eigenvalue weighted by Crippen LogP contribution is -2.11. The molecule has 0 heterocycles. The largest absolute Gasteiger partial charge is 0.491 e. The van der Waals surface area contributed by atoms with Crippen molar-refractivity contribution in [2.75, 3.05) is 6.61 Å². The van der Waals surface area contributed by atoms with Crippen molar-refractivity contribution in [2.45, 2.75) is 32.1 Å². The van der Waals surface area contributed by atoms with Crippen LogP contribution in [0.1, 0.15) is 37.7 Å². The van der Waals surface area contributed by atoms with E-state index in [0.717, 1.165) is 12.8 Å². The van der Waals surface area contributed by atoms with Crippen LogP contribution < -0.4 is 4.74 Å². The molecular formula is C14H16F2O3. The molecule has 1 aliphatic carbocycles. The lowest BCUT2D eigenvalue weighted by Gasteiger charge is -2.16. The summed E-state index contributed by atoms with van der Waals surface area (Å²) in [6, 6.07) is 2.81. The summed E-state index contributed by atoms with van der Waals surface area (Å²) >= 11 is 0. The second-order valence-electron chi connectivity index (χ2n) is 4.76. The monoisotopic (exact) mass is 270 g/mol. The number of carboxylic acids is 1. The first kappa shape index (κ1) is 13.8. The predicted octanol–water partition coefficient (Wildman–Crippen LogP) is 3.33. The fourth-order valence-electron chi connectivity index (χ4n) is 2.32. The first-order valence-corrected chi connectivity index (χ1v) is 6.37. The van der Waals surface area contributed by atoms with E-state index >= 15 is 0 Å². The zero-order valence-corrected chi connectivity index (χ0v) is 10.7. The summed E-state index contributed by atoms with van der Waals surface area (Å²) in [4.78, 5) is 10.8. The van der Waals surface area contributed by atoms with Crippen LogP contribution in [0.2, 0.25) is 0 Å². The summed E-state index contributed by atoms with van der Waals surface area (Å²) in [5.41, 5.74) is 0.144. The first-order valence-electron chi connectivity index (χ1n) is 6.37. The molecule has 1 aromatic carbocycles. The van der Waals surface area contributed by atoms with E-state index in [1.807, 2.05) is 0 Å². The molecule has 104 valence electrons. The van der Waals surface area contributed by atoms with E-state index in [0.29, 0.717) is 0 Å². The van der Waals surface area contributed by atoms with Gasteiger partial charge in [-0.05, 0) is 37.3 Å². The van der Waals surface area contributed by atoms with Crippen LogP contribution in [0.15, 0.2) is 12.1 Å². The highest BCUT2D eigenvalue weighted by Gasteiger charge is 2.36. The maximum absolute atomic E-state index is 14.0. The maximum atomic E-state index is 14.0. The average molecular weight is 270 g/mol. The number of rotatable bonds is 6. The molecule has 1 unspecified atom stereocenters. The number of aliphatic carboxylic acids is 1. The van der Waals surface area contributed by atoms with E-state index in [2.05, 4.69) is 0 Å². The van der Waals surface area contributed by atoms with Gasteiger partial charge in [0.2, 0.25) is 5.82 Å². The molecule has 1 N–H and O–H groups in total. The Kier molecular flexibility index (Phi) is 4.02. The SMILES string of the molecule is CCOc1ccc(C(CC(=O)O)C2CC2)c(F)c1F. The van der Waals surface area contributed by atoms with Crippen molar-refractivity contribution in [2.24, 2.45) is 5.92 Å². The molecule has 1 fully saturated rings. The normalized spacial score (nSPS) is 16.2. The van der Waals surface area contributed by atoms with Gasteiger partial charge in [-0.25, -0.2) is 4.39 Å². The molecule has 1 aliphatic rings. The Morgan fingerprint density at radius 3 is 2.63 bits per heavy atom. The Hall–Kier alpha value is -1.65. The minimum atomic E-state index is -1.03. The van der Waals surface area contributed by atoms with Gasteiger partial charge in [-0.1, -0.05) is 6.07 Å². The van der Waals surface area contributed by atoms with Gasteiger partial charge in [0.15, 0.2) is 11.6 Å². The summed E-state index contributed by atoms with van der Waals surface area (Å²) in [6.07, 6.45) is 1.56. The maximum Gasteiger partial charge on any atom is 0.303 e. The van der Waals surface area contributed by atoms with Crippen LogP contribution in [-0.2, 0) is 4.79 Å². The molecular weight excluding hydrogens is 254 g/mol. The number of halogens is 2. The van der Waals surface area contributed by atoms with Gasteiger partial charge in [-0.15, -0.1) is 0 Å². The first-order chi connectivity index (χ1) is 9.04. The molecule has 0 saturated heterocycles. The third-order valence-electron chi connectivity index (χ3n) is 3.36. The van der Waals surface area contributed by atoms with Crippen molar-refractivity contribution in [1.29, 1.82) is 0 Å². The number of carboxylic acid groups (broad SMARTS) is 1. The van der Waals surface area contributed by atoms with E-state index < -0.39 is 23.5 Å². The third-order valence-corrected chi connectivity index (χ3v) is 3.36. The molecule has 1 aromatic rings. The van der Waals surface area contributed by atoms with Gasteiger partial charge in [0.05, 0.1) is 13.0 Å². The zero-order valence-electron chi connectivity index (χ0n) is 10.7. The van der Waals surface area contributed by atoms with Gasteiger partial charge in [0, 0.05) is 5.92 Å². The standard InChI is InChI=1S/C14H16F2O3/c1-2-19-11-6-5-9(13(15)14(11)16)10(7-12(17)18)8-3-4-8/h5-6,8,10H,2-4,7H2,1H3,(H,17,18). The number of benzene rings is 1. The molecule has 0 amide bonds. The second-order valence-corrected chi connectivity index (χ2v) is 4.76. The van der Waals surface area contributed by atoms with Crippen LogP contribution >= 0.6 is 0 Å². The van der Waals surface area contributed by atoms with Crippen LogP contribution in [-0.4, -0.2) is 17.7 Å². The molecule has 0 bridgehead atoms. The van der Waals surface area contributed by atoms with Crippen molar-refractivity contribution < 1.29 is 23.4 Å². The number of ether oxygens (including phenoxy) is 1. The second kappa shape index (κ2) is 5.55. The minimum Gasteiger partial charge on any atom is -0.491 e. The molecule has 19 heavy (non-hydrogen) atoms. The molecule has 1 saturated carbocycles. The lowest BCUT2D eigenvalue weighted by molar-refractivity contribution is -0.137. The van der Waals surface area contributed by atoms with Crippen LogP contribution in [0.3, 0.4) is 0 Å². The molecule has 0 radical (unpaired) electrons. The van der Waals surface area contributed by atoms with Crippen molar-refractivity contribution >= 4 is 5.97 Å². The van der Waals surface area contributed by atoms with Crippen molar-refractivity contribution in [1.82, 2.24) is 0 Å². The van der Waals surface area contributed by atoms with Crippen molar-refractivity contribution in [3.8, 4) is 5.75 Å². The lowest BCUT2D eigenvalue weighted by atomic mass is 9.90. The summed E-state index contributed by atoms with van der Waals surface area (Å²) in [6.45, 7) is 1.93. The van der Waals surface area contributed by atoms with Crippen LogP contribution in [0.25, 0.3) is 0 Å². The van der Waals surface area contributed by atoms with Crippen LogP contribution in [0, 0.1) is 17.6 Å². The Bertz CT molecular complexity index is 484. The van der Waals surface area contributed by atoms with Crippen molar-refractivity contribution in [3.63, 3.8) is 0 Å². The Labute approximate surface area is 110 Å². The van der Waals surface area contributed by atoms with E-state index in [9.17, 15) is 13.6 Å². The quantitative estimate of drug-likeness (QED) is 0.862. The van der Waals surface area contributed by atoms with Gasteiger partial charge in [-0.2, -0.15) is 4.39 Å². The minimum absolute atomic E-state index is 0.131. The summed E-state index contributed by atoms with van der Waals surface area (Å²) in [7, 11) is 0. The highest BCUT2D eigenvalue weighted by atomic mass is 19.2. The highest BCUT2D eigenvalue weighted by Crippen LogP contribution is 2.46. The predicted molar refractivity (Wildman–Crippen MR) is 65.2 cm³/mol. The van der Waals surface area contributed by atoms with Gasteiger partial charge < -0.3 is 9.84 Å². The number of carbonyl (C=O) groups is 1. The van der Waals surface area contributed by atoms with E-state index in [-0.39, 0.29) is 30.3 Å². The number of hydrogen-bond acceptors (Lipinski definition) is 2. The smallest absolute Gasteiger partial charge is 0.303 e. The Balaban J connectivity index is 2.32. The molecule has 3 nitrogen and oxygen atoms in total. The molecule has 2 rings (SSSR count). The summed E-state index contributed by atoms with van der Waals surface area (Å²) < 4.78 is 32.8. The number of hydrogen-bond donors (Lipinski definition) is 1. The van der Waals surface area contributed by atoms with Crippen LogP contribution in [0.5, 0.6) is 5.75 Å². The molecule has 0 aliphatic heterocycles. The molecule has 5 heteroatoms. The fourth-order valence-corrected chi connectivity index (χ4v) is 2.32. The Morgan fingerprint density at radius 2 is 2.11 bits per heavy atom. The molecule has 1 atom stereocenters. The van der Waals surface area contributed by atoms with E-state index in [4.69, 9.17) is 9.84 Å². The Morgan fingerprint density at radius 1 is 1.42 bits per heavy atom. The third kappa shape index (κ3) is 3.03. The topological polar surface area (TPSA) is 46.5 Å². The molecule has 0 aromatic heterocycles. The van der Waals surface area contributed by atoms with E-state index in [1.165, 1.54) is 12.1 Å². The highest BCUT2D eigenvalue weighted by molar-refractivity contribution is 5.68.